The summed E-state index contributed by atoms with van der Waals surface area (Å²) in [5.74, 6) is 3.76. The van der Waals surface area contributed by atoms with Crippen molar-refractivity contribution in [2.24, 2.45) is 57.2 Å². The monoisotopic (exact) mass is 766 g/mol. The fourth-order valence-corrected chi connectivity index (χ4v) is 16.9. The number of sulfone groups is 1. The van der Waals surface area contributed by atoms with Crippen LogP contribution in [0.25, 0.3) is 5.57 Å². The third-order valence-electron chi connectivity index (χ3n) is 16.8. The molecular weight excluding hydrogens is 701 g/mol. The summed E-state index contributed by atoms with van der Waals surface area (Å²) in [6, 6.07) is 8.00. The number of fused-ring (bicyclic) bond motifs is 7. The lowest BCUT2D eigenvalue weighted by molar-refractivity contribution is -0.198. The largest absolute Gasteiger partial charge is 0.465 e. The molecule has 1 saturated heterocycles. The first kappa shape index (κ1) is 39.4. The van der Waals surface area contributed by atoms with Crippen LogP contribution in [0, 0.1) is 57.2 Å². The summed E-state index contributed by atoms with van der Waals surface area (Å²) >= 11 is 2.09. The average molecular weight is 767 g/mol. The van der Waals surface area contributed by atoms with E-state index in [0.717, 1.165) is 38.6 Å². The van der Waals surface area contributed by atoms with Crippen molar-refractivity contribution >= 4 is 39.0 Å². The molecule has 9 atom stereocenters. The number of carbonyl (C=O) groups excluding carboxylic acids is 2. The molecule has 7 rings (SSSR count). The highest BCUT2D eigenvalue weighted by molar-refractivity contribution is 8.03. The van der Waals surface area contributed by atoms with Crippen LogP contribution in [-0.2, 0) is 19.4 Å². The Bertz CT molecular complexity index is 1710. The Labute approximate surface area is 324 Å². The minimum Gasteiger partial charge on any atom is -0.465 e. The van der Waals surface area contributed by atoms with E-state index >= 15 is 0 Å². The molecule has 0 unspecified atom stereocenters. The average Bonchev–Trinajstić information content (AvgIpc) is 3.52. The van der Waals surface area contributed by atoms with Crippen molar-refractivity contribution in [2.75, 3.05) is 44.8 Å². The number of ether oxygens (including phenoxy) is 1. The van der Waals surface area contributed by atoms with E-state index < -0.39 is 9.84 Å². The Morgan fingerprint density at radius 2 is 1.60 bits per heavy atom. The smallest absolute Gasteiger partial charge is 0.337 e. The van der Waals surface area contributed by atoms with Gasteiger partial charge in [0.15, 0.2) is 9.84 Å². The summed E-state index contributed by atoms with van der Waals surface area (Å²) in [7, 11) is -1.45. The van der Waals surface area contributed by atoms with Crippen molar-refractivity contribution in [3.8, 4) is 0 Å². The van der Waals surface area contributed by atoms with Gasteiger partial charge in [-0.05, 0) is 152 Å². The summed E-state index contributed by atoms with van der Waals surface area (Å²) in [6.45, 7) is 20.4. The zero-order valence-electron chi connectivity index (χ0n) is 33.8. The van der Waals surface area contributed by atoms with Gasteiger partial charge in [0.25, 0.3) is 0 Å². The molecule has 0 radical (unpaired) electrons. The van der Waals surface area contributed by atoms with E-state index in [1.807, 2.05) is 12.1 Å². The van der Waals surface area contributed by atoms with Crippen LogP contribution >= 0.6 is 11.8 Å². The van der Waals surface area contributed by atoms with Gasteiger partial charge in [-0.25, -0.2) is 13.2 Å². The second kappa shape index (κ2) is 14.0. The number of nitrogens with zero attached hydrogens (tertiary/aromatic N) is 1. The lowest BCUT2D eigenvalue weighted by atomic mass is 9.35. The molecule has 294 valence electrons. The lowest BCUT2D eigenvalue weighted by Gasteiger charge is -2.72. The van der Waals surface area contributed by atoms with Crippen LogP contribution in [0.1, 0.15) is 122 Å². The molecule has 2 aliphatic heterocycles. The number of hydrogen-bond donors (Lipinski definition) is 1. The number of esters is 1. The van der Waals surface area contributed by atoms with Gasteiger partial charge < -0.3 is 15.0 Å². The molecule has 1 amide bonds. The SMILES string of the molecule is COC(=O)c1ccc(C2=CS[C@]3(C)[C@H]4CC[C@@H]5[C@H]6[C@H](C(C)C)CC[C@]6(C(=O)NCCCN6CCS(=O)(=O)CC6)CC[C@@]5(C)[C@]4(C)CC[C@H]3C2(C)C)cc1. The minimum absolute atomic E-state index is 0.00837. The van der Waals surface area contributed by atoms with Gasteiger partial charge in [-0.3, -0.25) is 4.79 Å². The molecule has 1 aromatic rings. The summed E-state index contributed by atoms with van der Waals surface area (Å²) in [5, 5.41) is 5.94. The van der Waals surface area contributed by atoms with Gasteiger partial charge in [-0.15, -0.1) is 11.8 Å². The van der Waals surface area contributed by atoms with Crippen molar-refractivity contribution in [3.63, 3.8) is 0 Å². The summed E-state index contributed by atoms with van der Waals surface area (Å²) in [5.41, 5.74) is 3.27. The molecule has 2 heterocycles. The van der Waals surface area contributed by atoms with Crippen LogP contribution in [-0.4, -0.2) is 74.7 Å². The molecule has 6 aliphatic rings. The summed E-state index contributed by atoms with van der Waals surface area (Å²) in [6.07, 6.45) is 10.0. The normalized spacial score (nSPS) is 40.2. The fraction of sp³-hybridized carbons (Fsp3) is 0.773. The number of hydrogen-bond acceptors (Lipinski definition) is 7. The predicted octanol–water partition coefficient (Wildman–Crippen LogP) is 8.49. The van der Waals surface area contributed by atoms with Crippen molar-refractivity contribution in [1.82, 2.24) is 10.2 Å². The Hall–Kier alpha value is -1.84. The molecule has 53 heavy (non-hydrogen) atoms. The molecule has 5 fully saturated rings. The Morgan fingerprint density at radius 3 is 2.26 bits per heavy atom. The second-order valence-electron chi connectivity index (χ2n) is 19.5. The van der Waals surface area contributed by atoms with E-state index in [1.165, 1.54) is 43.9 Å². The third kappa shape index (κ3) is 6.28. The molecule has 7 nitrogen and oxygen atoms in total. The molecule has 0 aromatic heterocycles. The molecular formula is C44H66N2O5S2. The quantitative estimate of drug-likeness (QED) is 0.210. The van der Waals surface area contributed by atoms with E-state index in [2.05, 4.69) is 88.0 Å². The molecule has 9 heteroatoms. The molecule has 1 N–H and O–H groups in total. The van der Waals surface area contributed by atoms with Crippen LogP contribution in [0.3, 0.4) is 0 Å². The highest BCUT2D eigenvalue weighted by Crippen LogP contribution is 2.77. The van der Waals surface area contributed by atoms with Crippen LogP contribution < -0.4 is 5.32 Å². The number of allylic oxidation sites excluding steroid dienone is 1. The van der Waals surface area contributed by atoms with Crippen LogP contribution in [0.2, 0.25) is 0 Å². The highest BCUT2D eigenvalue weighted by atomic mass is 32.2. The Kier molecular flexibility index (Phi) is 10.4. The Morgan fingerprint density at radius 1 is 0.906 bits per heavy atom. The first-order valence-electron chi connectivity index (χ1n) is 20.7. The first-order chi connectivity index (χ1) is 24.9. The second-order valence-corrected chi connectivity index (χ2v) is 23.2. The van der Waals surface area contributed by atoms with E-state index in [9.17, 15) is 18.0 Å². The van der Waals surface area contributed by atoms with Gasteiger partial charge >= 0.3 is 5.97 Å². The number of amides is 1. The van der Waals surface area contributed by atoms with Gasteiger partial charge in [-0.2, -0.15) is 0 Å². The van der Waals surface area contributed by atoms with Crippen molar-refractivity contribution in [2.45, 2.75) is 111 Å². The standard InChI is InChI=1S/C44H66N2O5S2/c1-29(2)32-16-19-44(39(48)45-22-9-23-46-24-26-53(49,50)27-25-46)21-20-41(5)33(37(32)44)14-15-36-42(41,6)18-17-35-40(3,4)34(28-52-43(35,36)7)30-10-12-31(13-11-30)38(47)51-8/h10-13,28-29,32-33,35-37H,9,14-27H2,1-8H3,(H,45,48)/t32-,33+,35-,36-,37+,41+,42+,43-,44-/m0/s1. The maximum atomic E-state index is 14.5. The van der Waals surface area contributed by atoms with Crippen molar-refractivity contribution in [1.29, 1.82) is 0 Å². The summed E-state index contributed by atoms with van der Waals surface area (Å²) in [4.78, 5) is 28.9. The van der Waals surface area contributed by atoms with Crippen molar-refractivity contribution in [3.05, 3.63) is 40.8 Å². The molecule has 1 aromatic carbocycles. The number of rotatable bonds is 8. The fourth-order valence-electron chi connectivity index (χ4n) is 13.7. The highest BCUT2D eigenvalue weighted by Gasteiger charge is 2.72. The summed E-state index contributed by atoms with van der Waals surface area (Å²) < 4.78 is 28.9. The van der Waals surface area contributed by atoms with Gasteiger partial charge in [0, 0.05) is 24.4 Å². The zero-order valence-corrected chi connectivity index (χ0v) is 35.4. The lowest BCUT2D eigenvalue weighted by Crippen LogP contribution is -2.67. The van der Waals surface area contributed by atoms with Crippen molar-refractivity contribution < 1.29 is 22.7 Å². The van der Waals surface area contributed by atoms with E-state index in [1.54, 1.807) is 0 Å². The number of nitrogens with one attached hydrogen (secondary N) is 1. The number of methoxy groups -OCH3 is 1. The van der Waals surface area contributed by atoms with Crippen LogP contribution in [0.4, 0.5) is 0 Å². The van der Waals surface area contributed by atoms with Crippen LogP contribution in [0.5, 0.6) is 0 Å². The number of thioether (sulfide) groups is 1. The predicted molar refractivity (Wildman–Crippen MR) is 216 cm³/mol. The number of carbonyl (C=O) groups is 2. The molecule has 4 saturated carbocycles. The van der Waals surface area contributed by atoms with Gasteiger partial charge in [0.05, 0.1) is 29.6 Å². The molecule has 0 spiro atoms. The third-order valence-corrected chi connectivity index (χ3v) is 19.9. The molecule has 4 aliphatic carbocycles. The topological polar surface area (TPSA) is 92.8 Å². The maximum absolute atomic E-state index is 14.5. The van der Waals surface area contributed by atoms with Gasteiger partial charge in [-0.1, -0.05) is 53.7 Å². The maximum Gasteiger partial charge on any atom is 0.337 e. The van der Waals surface area contributed by atoms with E-state index in [0.29, 0.717) is 66.6 Å². The zero-order chi connectivity index (χ0) is 38.2. The van der Waals surface area contributed by atoms with Gasteiger partial charge in [0.2, 0.25) is 5.91 Å². The van der Waals surface area contributed by atoms with Gasteiger partial charge in [0.1, 0.15) is 0 Å². The first-order valence-corrected chi connectivity index (χ1v) is 23.4. The Balaban J connectivity index is 1.11. The van der Waals surface area contributed by atoms with E-state index in [-0.39, 0.29) is 43.9 Å². The van der Waals surface area contributed by atoms with E-state index in [4.69, 9.17) is 4.74 Å². The van der Waals surface area contributed by atoms with Crippen LogP contribution in [0.15, 0.2) is 29.7 Å². The molecule has 0 bridgehead atoms. The number of benzene rings is 1. The minimum atomic E-state index is -2.88.